The molecular weight excluding hydrogens is 384 g/mol. The van der Waals surface area contributed by atoms with E-state index >= 15 is 0 Å². The van der Waals surface area contributed by atoms with Crippen molar-refractivity contribution in [2.24, 2.45) is 0 Å². The second-order valence-corrected chi connectivity index (χ2v) is 9.09. The molecule has 1 fully saturated rings. The maximum atomic E-state index is 14.3. The van der Waals surface area contributed by atoms with Crippen LogP contribution in [-0.4, -0.2) is 31.5 Å². The molecule has 3 heterocycles. The van der Waals surface area contributed by atoms with Crippen LogP contribution in [0.4, 0.5) is 14.6 Å². The van der Waals surface area contributed by atoms with E-state index in [-0.39, 0.29) is 27.9 Å². The molecule has 138 valence electrons. The molecule has 0 amide bonds. The van der Waals surface area contributed by atoms with Crippen LogP contribution in [0.1, 0.15) is 30.5 Å². The fourth-order valence-corrected chi connectivity index (χ4v) is 5.09. The molecule has 0 atom stereocenters. The van der Waals surface area contributed by atoms with E-state index in [1.165, 1.54) is 0 Å². The maximum absolute atomic E-state index is 14.3. The average molecular weight is 400 g/mol. The van der Waals surface area contributed by atoms with Crippen molar-refractivity contribution in [3.8, 4) is 11.4 Å². The number of halogens is 3. The minimum Gasteiger partial charge on any atom is -0.356 e. The molecule has 0 aliphatic carbocycles. The van der Waals surface area contributed by atoms with E-state index in [9.17, 15) is 17.2 Å². The van der Waals surface area contributed by atoms with E-state index in [0.29, 0.717) is 17.1 Å². The number of hydrogen-bond acceptors (Lipinski definition) is 5. The molecule has 1 aromatic carbocycles. The molecule has 2 aliphatic rings. The van der Waals surface area contributed by atoms with Crippen LogP contribution in [0.25, 0.3) is 11.4 Å². The summed E-state index contributed by atoms with van der Waals surface area (Å²) in [5, 5.41) is -0.328. The van der Waals surface area contributed by atoms with Crippen molar-refractivity contribution in [2.75, 3.05) is 18.0 Å². The molecule has 0 N–H and O–H groups in total. The normalized spacial score (nSPS) is 18.8. The Kier molecular flexibility index (Phi) is 4.35. The molecule has 0 bridgehead atoms. The fraction of sp³-hybridized carbons (Fsp3) is 0.412. The molecule has 4 rings (SSSR count). The van der Waals surface area contributed by atoms with Gasteiger partial charge in [0.1, 0.15) is 17.5 Å². The first-order valence-electron chi connectivity index (χ1n) is 8.34. The molecule has 2 aromatic rings. The van der Waals surface area contributed by atoms with Gasteiger partial charge in [-0.1, -0.05) is 11.6 Å². The van der Waals surface area contributed by atoms with E-state index in [1.54, 1.807) is 0 Å². The molecule has 2 aliphatic heterocycles. The molecule has 0 unspecified atom stereocenters. The van der Waals surface area contributed by atoms with Crippen LogP contribution in [0.5, 0.6) is 0 Å². The summed E-state index contributed by atoms with van der Waals surface area (Å²) >= 11 is 5.61. The van der Waals surface area contributed by atoms with Gasteiger partial charge in [0.2, 0.25) is 0 Å². The van der Waals surface area contributed by atoms with Crippen LogP contribution in [0.2, 0.25) is 5.02 Å². The van der Waals surface area contributed by atoms with Crippen LogP contribution >= 0.6 is 11.6 Å². The van der Waals surface area contributed by atoms with Gasteiger partial charge in [-0.2, -0.15) is 0 Å². The van der Waals surface area contributed by atoms with Crippen LogP contribution in [0.3, 0.4) is 0 Å². The van der Waals surface area contributed by atoms with E-state index in [4.69, 9.17) is 11.6 Å². The van der Waals surface area contributed by atoms with Gasteiger partial charge in [-0.15, -0.1) is 0 Å². The lowest BCUT2D eigenvalue weighted by Crippen LogP contribution is -2.31. The van der Waals surface area contributed by atoms with Gasteiger partial charge in [0.25, 0.3) is 0 Å². The van der Waals surface area contributed by atoms with Gasteiger partial charge in [0.05, 0.1) is 27.8 Å². The van der Waals surface area contributed by atoms with E-state index in [2.05, 4.69) is 9.97 Å². The van der Waals surface area contributed by atoms with Crippen molar-refractivity contribution in [1.29, 1.82) is 0 Å². The number of sulfone groups is 1. The van der Waals surface area contributed by atoms with Crippen molar-refractivity contribution in [2.45, 2.75) is 30.8 Å². The van der Waals surface area contributed by atoms with Crippen molar-refractivity contribution in [1.82, 2.24) is 9.97 Å². The Morgan fingerprint density at radius 1 is 1.00 bits per heavy atom. The summed E-state index contributed by atoms with van der Waals surface area (Å²) in [6.45, 7) is 1.50. The van der Waals surface area contributed by atoms with Gasteiger partial charge in [-0.3, -0.25) is 0 Å². The number of anilines is 1. The molecular formula is C17H16ClF2N3O2S. The highest BCUT2D eigenvalue weighted by molar-refractivity contribution is 7.90. The van der Waals surface area contributed by atoms with Crippen LogP contribution in [0, 0.1) is 11.6 Å². The first-order valence-corrected chi connectivity index (χ1v) is 10.5. The molecule has 1 saturated heterocycles. The molecule has 9 heteroatoms. The predicted octanol–water partition coefficient (Wildman–Crippen LogP) is 3.49. The minimum atomic E-state index is -3.31. The zero-order valence-electron chi connectivity index (χ0n) is 13.8. The highest BCUT2D eigenvalue weighted by Crippen LogP contribution is 2.35. The van der Waals surface area contributed by atoms with Crippen molar-refractivity contribution < 1.29 is 17.2 Å². The Morgan fingerprint density at radius 3 is 2.46 bits per heavy atom. The Bertz CT molecular complexity index is 992. The Balaban J connectivity index is 1.89. The zero-order chi connectivity index (χ0) is 18.5. The summed E-state index contributed by atoms with van der Waals surface area (Å²) in [6.07, 6.45) is 3.06. The summed E-state index contributed by atoms with van der Waals surface area (Å²) in [4.78, 5) is 10.7. The number of fused-ring (bicyclic) bond motifs is 1. The van der Waals surface area contributed by atoms with Crippen molar-refractivity contribution >= 4 is 27.3 Å². The maximum Gasteiger partial charge on any atom is 0.164 e. The van der Waals surface area contributed by atoms with Crippen LogP contribution in [0.15, 0.2) is 12.1 Å². The van der Waals surface area contributed by atoms with E-state index < -0.39 is 21.5 Å². The Hall–Kier alpha value is -1.80. The van der Waals surface area contributed by atoms with Gasteiger partial charge in [0, 0.05) is 18.7 Å². The van der Waals surface area contributed by atoms with Gasteiger partial charge < -0.3 is 4.90 Å². The summed E-state index contributed by atoms with van der Waals surface area (Å²) < 4.78 is 52.4. The van der Waals surface area contributed by atoms with E-state index in [0.717, 1.165) is 44.5 Å². The number of piperidine rings is 1. The third kappa shape index (κ3) is 3.16. The number of rotatable bonds is 2. The summed E-state index contributed by atoms with van der Waals surface area (Å²) in [5.41, 5.74) is 0.813. The Labute approximate surface area is 154 Å². The van der Waals surface area contributed by atoms with Crippen molar-refractivity contribution in [3.63, 3.8) is 0 Å². The number of nitrogens with zero attached hydrogens (tertiary/aromatic N) is 3. The number of benzene rings is 1. The average Bonchev–Trinajstić information content (AvgIpc) is 2.91. The topological polar surface area (TPSA) is 63.2 Å². The standard InChI is InChI=1S/C17H16ClF2N3O2S/c18-12-7-13(19)10(6-14(12)20)16-21-15-9-26(24,25)8-11(15)17(22-16)23-4-2-1-3-5-23/h6-7H,1-5,8-9H2. The molecule has 0 spiro atoms. The third-order valence-electron chi connectivity index (χ3n) is 4.70. The van der Waals surface area contributed by atoms with Gasteiger partial charge >= 0.3 is 0 Å². The number of hydrogen-bond donors (Lipinski definition) is 0. The van der Waals surface area contributed by atoms with Gasteiger partial charge in [-0.25, -0.2) is 27.2 Å². The van der Waals surface area contributed by atoms with Crippen LogP contribution < -0.4 is 4.90 Å². The lowest BCUT2D eigenvalue weighted by Gasteiger charge is -2.29. The summed E-state index contributed by atoms with van der Waals surface area (Å²) in [6, 6.07) is 1.82. The zero-order valence-corrected chi connectivity index (χ0v) is 15.4. The van der Waals surface area contributed by atoms with Gasteiger partial charge in [-0.05, 0) is 31.4 Å². The predicted molar refractivity (Wildman–Crippen MR) is 94.8 cm³/mol. The minimum absolute atomic E-state index is 0.0190. The second-order valence-electron chi connectivity index (χ2n) is 6.62. The first-order chi connectivity index (χ1) is 12.3. The quantitative estimate of drug-likeness (QED) is 0.723. The van der Waals surface area contributed by atoms with E-state index in [1.807, 2.05) is 4.90 Å². The molecule has 1 aromatic heterocycles. The smallest absolute Gasteiger partial charge is 0.164 e. The Morgan fingerprint density at radius 2 is 1.73 bits per heavy atom. The highest BCUT2D eigenvalue weighted by atomic mass is 35.5. The molecule has 5 nitrogen and oxygen atoms in total. The highest BCUT2D eigenvalue weighted by Gasteiger charge is 2.33. The number of aromatic nitrogens is 2. The molecule has 26 heavy (non-hydrogen) atoms. The first kappa shape index (κ1) is 17.6. The summed E-state index contributed by atoms with van der Waals surface area (Å²) in [5.74, 6) is -1.36. The fourth-order valence-electron chi connectivity index (χ4n) is 3.45. The monoisotopic (exact) mass is 399 g/mol. The lowest BCUT2D eigenvalue weighted by molar-refractivity contribution is 0.571. The molecule has 0 radical (unpaired) electrons. The third-order valence-corrected chi connectivity index (χ3v) is 6.43. The largest absolute Gasteiger partial charge is 0.356 e. The SMILES string of the molecule is O=S1(=O)Cc2nc(-c3cc(F)c(Cl)cc3F)nc(N3CCCCC3)c2C1. The molecule has 0 saturated carbocycles. The van der Waals surface area contributed by atoms with Crippen LogP contribution in [-0.2, 0) is 21.3 Å². The second kappa shape index (κ2) is 6.42. The summed E-state index contributed by atoms with van der Waals surface area (Å²) in [7, 11) is -3.31. The van der Waals surface area contributed by atoms with Crippen molar-refractivity contribution in [3.05, 3.63) is 40.0 Å². The lowest BCUT2D eigenvalue weighted by atomic mass is 10.1. The van der Waals surface area contributed by atoms with Gasteiger partial charge in [0.15, 0.2) is 15.7 Å².